The number of amides is 2. The molecule has 0 saturated heterocycles. The number of hydrogen-bond donors (Lipinski definition) is 1. The van der Waals surface area contributed by atoms with Crippen LogP contribution in [0.2, 0.25) is 0 Å². The van der Waals surface area contributed by atoms with Crippen molar-refractivity contribution in [3.05, 3.63) is 77.6 Å². The zero-order valence-corrected chi connectivity index (χ0v) is 23.5. The fraction of sp³-hybridized carbons (Fsp3) is 0.452. The molecule has 1 aliphatic carbocycles. The number of hydrogen-bond acceptors (Lipinski definition) is 5. The highest BCUT2D eigenvalue weighted by Gasteiger charge is 2.39. The van der Waals surface area contributed by atoms with Crippen molar-refractivity contribution in [2.24, 2.45) is 0 Å². The maximum atomic E-state index is 14.5. The number of nitrogens with one attached hydrogen (secondary N) is 1. The van der Waals surface area contributed by atoms with Crippen molar-refractivity contribution in [2.75, 3.05) is 46.8 Å². The molecule has 39 heavy (non-hydrogen) atoms. The van der Waals surface area contributed by atoms with Gasteiger partial charge in [0.05, 0.1) is 13.1 Å². The van der Waals surface area contributed by atoms with Crippen molar-refractivity contribution in [1.29, 1.82) is 0 Å². The molecule has 2 aromatic carbocycles. The van der Waals surface area contributed by atoms with Gasteiger partial charge in [-0.2, -0.15) is 4.58 Å². The summed E-state index contributed by atoms with van der Waals surface area (Å²) in [4.78, 5) is 29.3. The molecule has 208 valence electrons. The molecule has 1 atom stereocenters. The molecular weight excluding hydrogens is 495 g/mol. The van der Waals surface area contributed by atoms with E-state index in [2.05, 4.69) is 35.8 Å². The number of ether oxygens (including phenoxy) is 1. The molecule has 1 aliphatic heterocycles. The number of carbonyl (C=O) groups is 2. The lowest BCUT2D eigenvalue weighted by atomic mass is 9.75. The van der Waals surface area contributed by atoms with Crippen LogP contribution in [0.4, 0.5) is 4.39 Å². The summed E-state index contributed by atoms with van der Waals surface area (Å²) >= 11 is 0. The molecule has 0 aromatic heterocycles. The zero-order chi connectivity index (χ0) is 28.2. The first-order valence-corrected chi connectivity index (χ1v) is 13.6. The molecule has 0 unspecified atom stereocenters. The van der Waals surface area contributed by atoms with Crippen molar-refractivity contribution < 1.29 is 23.3 Å². The molecule has 1 heterocycles. The highest BCUT2D eigenvalue weighted by atomic mass is 19.1. The normalized spacial score (nSPS) is 17.9. The van der Waals surface area contributed by atoms with Crippen LogP contribution < -0.4 is 10.1 Å². The van der Waals surface area contributed by atoms with Crippen molar-refractivity contribution >= 4 is 17.5 Å². The molecule has 1 N–H and O–H groups in total. The first-order valence-electron chi connectivity index (χ1n) is 13.6. The number of carbonyl (C=O) groups excluding carboxylic acids is 2. The van der Waals surface area contributed by atoms with E-state index in [0.717, 1.165) is 24.1 Å². The van der Waals surface area contributed by atoms with Gasteiger partial charge in [0.15, 0.2) is 12.3 Å². The summed E-state index contributed by atoms with van der Waals surface area (Å²) in [5, 5.41) is 3.09. The lowest BCUT2D eigenvalue weighted by molar-refractivity contribution is -0.451. The second-order valence-electron chi connectivity index (χ2n) is 11.0. The Morgan fingerprint density at radius 1 is 1.21 bits per heavy atom. The molecule has 2 aromatic rings. The van der Waals surface area contributed by atoms with Crippen LogP contribution in [0.1, 0.15) is 53.8 Å². The van der Waals surface area contributed by atoms with Crippen LogP contribution >= 0.6 is 0 Å². The SMILES string of the molecule is C=CC(=O)[N+]1=C(C)CN(C[C@@H](Oc2ccc(C(=O)NCC3(N(C)C)CCC3)cc2)c2ccc(C)c(F)c2)CC1. The number of nitrogens with zero attached hydrogens (tertiary/aromatic N) is 3. The second kappa shape index (κ2) is 12.2. The van der Waals surface area contributed by atoms with Crippen molar-refractivity contribution in [3.63, 3.8) is 0 Å². The van der Waals surface area contributed by atoms with Crippen molar-refractivity contribution in [3.8, 4) is 5.75 Å². The predicted octanol–water partition coefficient (Wildman–Crippen LogP) is 3.97. The standard InChI is InChI=1S/C31H39FN4O3/c1-6-29(37)36-17-16-35(19-23(36)3)20-28(25-9-8-22(2)27(32)18-25)39-26-12-10-24(11-13-26)30(38)33-21-31(34(4)5)14-7-15-31/h6,8-13,18,28H,1,7,14-17,19-21H2,2-5H3/p+1/t28-/m1/s1. The van der Waals surface area contributed by atoms with E-state index in [0.29, 0.717) is 49.6 Å². The van der Waals surface area contributed by atoms with E-state index in [4.69, 9.17) is 4.74 Å². The van der Waals surface area contributed by atoms with Crippen molar-refractivity contribution in [1.82, 2.24) is 15.1 Å². The van der Waals surface area contributed by atoms with Gasteiger partial charge in [0.2, 0.25) is 0 Å². The van der Waals surface area contributed by atoms with Gasteiger partial charge in [-0.25, -0.2) is 9.18 Å². The van der Waals surface area contributed by atoms with E-state index < -0.39 is 6.10 Å². The molecule has 2 amide bonds. The van der Waals surface area contributed by atoms with Crippen LogP contribution in [0.15, 0.2) is 55.1 Å². The molecular formula is C31H40FN4O3+. The van der Waals surface area contributed by atoms with Gasteiger partial charge in [0, 0.05) is 37.2 Å². The number of benzene rings is 2. The van der Waals surface area contributed by atoms with Gasteiger partial charge in [-0.15, -0.1) is 0 Å². The lowest BCUT2D eigenvalue weighted by Crippen LogP contribution is -2.57. The van der Waals surface area contributed by atoms with Crippen LogP contribution in [-0.4, -0.2) is 84.3 Å². The summed E-state index contributed by atoms with van der Waals surface area (Å²) in [6.45, 7) is 10.2. The summed E-state index contributed by atoms with van der Waals surface area (Å²) in [6, 6.07) is 12.3. The van der Waals surface area contributed by atoms with E-state index in [1.165, 1.54) is 18.6 Å². The number of rotatable bonds is 10. The van der Waals surface area contributed by atoms with Crippen molar-refractivity contribution in [2.45, 2.75) is 44.8 Å². The Kier molecular flexibility index (Phi) is 8.97. The van der Waals surface area contributed by atoms with Gasteiger partial charge < -0.3 is 15.0 Å². The third kappa shape index (κ3) is 6.62. The molecule has 2 aliphatic rings. The minimum Gasteiger partial charge on any atom is -0.484 e. The Morgan fingerprint density at radius 3 is 2.49 bits per heavy atom. The van der Waals surface area contributed by atoms with E-state index in [-0.39, 0.29) is 23.2 Å². The third-order valence-corrected chi connectivity index (χ3v) is 8.19. The van der Waals surface area contributed by atoms with Gasteiger partial charge in [-0.1, -0.05) is 18.7 Å². The topological polar surface area (TPSA) is 64.9 Å². The maximum Gasteiger partial charge on any atom is 0.411 e. The highest BCUT2D eigenvalue weighted by Crippen LogP contribution is 2.35. The third-order valence-electron chi connectivity index (χ3n) is 8.19. The summed E-state index contributed by atoms with van der Waals surface area (Å²) in [6.07, 6.45) is 4.26. The molecule has 1 saturated carbocycles. The fourth-order valence-corrected chi connectivity index (χ4v) is 5.30. The first-order chi connectivity index (χ1) is 18.6. The minimum atomic E-state index is -0.437. The highest BCUT2D eigenvalue weighted by molar-refractivity contribution is 5.94. The largest absolute Gasteiger partial charge is 0.484 e. The summed E-state index contributed by atoms with van der Waals surface area (Å²) < 4.78 is 22.6. The average molecular weight is 536 g/mol. The van der Waals surface area contributed by atoms with Gasteiger partial charge >= 0.3 is 5.91 Å². The summed E-state index contributed by atoms with van der Waals surface area (Å²) in [5.74, 6) is 0.112. The Bertz CT molecular complexity index is 1250. The van der Waals surface area contributed by atoms with Crippen LogP contribution in [0.3, 0.4) is 0 Å². The maximum absolute atomic E-state index is 14.5. The summed E-state index contributed by atoms with van der Waals surface area (Å²) in [7, 11) is 4.13. The van der Waals surface area contributed by atoms with Gasteiger partial charge in [-0.3, -0.25) is 9.69 Å². The number of likely N-dealkylation sites (N-methyl/N-ethyl adjacent to an activating group) is 1. The molecule has 8 heteroatoms. The predicted molar refractivity (Wildman–Crippen MR) is 151 cm³/mol. The molecule has 7 nitrogen and oxygen atoms in total. The molecule has 4 rings (SSSR count). The molecule has 0 spiro atoms. The lowest BCUT2D eigenvalue weighted by Gasteiger charge is -2.47. The Balaban J connectivity index is 1.46. The molecule has 0 radical (unpaired) electrons. The number of halogens is 1. The van der Waals surface area contributed by atoms with E-state index in [9.17, 15) is 14.0 Å². The quantitative estimate of drug-likeness (QED) is 0.369. The van der Waals surface area contributed by atoms with Crippen LogP contribution in [-0.2, 0) is 4.79 Å². The summed E-state index contributed by atoms with van der Waals surface area (Å²) in [5.41, 5.74) is 2.87. The average Bonchev–Trinajstić information content (AvgIpc) is 2.89. The van der Waals surface area contributed by atoms with Crippen LogP contribution in [0.5, 0.6) is 5.75 Å². The van der Waals surface area contributed by atoms with Gasteiger partial charge in [-0.05, 0) is 81.7 Å². The smallest absolute Gasteiger partial charge is 0.411 e. The monoisotopic (exact) mass is 535 g/mol. The van der Waals surface area contributed by atoms with Gasteiger partial charge in [0.1, 0.15) is 17.7 Å². The number of aryl methyl sites for hydroxylation is 1. The molecule has 0 bridgehead atoms. The van der Waals surface area contributed by atoms with E-state index >= 15 is 0 Å². The second-order valence-corrected chi connectivity index (χ2v) is 11.0. The van der Waals surface area contributed by atoms with Crippen LogP contribution in [0.25, 0.3) is 0 Å². The van der Waals surface area contributed by atoms with E-state index in [1.807, 2.05) is 13.0 Å². The minimum absolute atomic E-state index is 0.0511. The first kappa shape index (κ1) is 28.6. The Labute approximate surface area is 230 Å². The van der Waals surface area contributed by atoms with Gasteiger partial charge in [0.25, 0.3) is 5.91 Å². The van der Waals surface area contributed by atoms with Crippen LogP contribution in [0, 0.1) is 12.7 Å². The zero-order valence-electron chi connectivity index (χ0n) is 23.5. The Morgan fingerprint density at radius 2 is 1.92 bits per heavy atom. The van der Waals surface area contributed by atoms with E-state index in [1.54, 1.807) is 41.8 Å². The fourth-order valence-electron chi connectivity index (χ4n) is 5.30. The Hall–Kier alpha value is -3.36. The molecule has 1 fully saturated rings.